The molecule has 0 spiro atoms. The Morgan fingerprint density at radius 3 is 2.65 bits per heavy atom. The van der Waals surface area contributed by atoms with Crippen LogP contribution in [0.2, 0.25) is 5.02 Å². The minimum atomic E-state index is -3.54. The van der Waals surface area contributed by atoms with Crippen molar-refractivity contribution in [3.05, 3.63) is 46.7 Å². The number of nitrogens with one attached hydrogen (secondary N) is 2. The highest BCUT2D eigenvalue weighted by Gasteiger charge is 2.16. The summed E-state index contributed by atoms with van der Waals surface area (Å²) in [5.41, 5.74) is 1.84. The third kappa shape index (κ3) is 3.33. The highest BCUT2D eigenvalue weighted by atomic mass is 35.5. The van der Waals surface area contributed by atoms with Crippen LogP contribution >= 0.6 is 11.6 Å². The highest BCUT2D eigenvalue weighted by Crippen LogP contribution is 2.21. The monoisotopic (exact) mass is 314 g/mol. The molecule has 0 atom stereocenters. The van der Waals surface area contributed by atoms with Crippen molar-refractivity contribution < 1.29 is 12.8 Å². The Kier molecular flexibility index (Phi) is 4.37. The second kappa shape index (κ2) is 5.87. The molecule has 0 unspecified atom stereocenters. The Morgan fingerprint density at radius 1 is 1.25 bits per heavy atom. The Hall–Kier alpha value is -1.50. The molecule has 0 aliphatic heterocycles. The van der Waals surface area contributed by atoms with Gasteiger partial charge in [-0.15, -0.1) is 0 Å². The van der Waals surface area contributed by atoms with Crippen molar-refractivity contribution in [2.45, 2.75) is 18.6 Å². The molecule has 0 aliphatic carbocycles. The van der Waals surface area contributed by atoms with Gasteiger partial charge in [-0.2, -0.15) is 0 Å². The summed E-state index contributed by atoms with van der Waals surface area (Å²) in [6, 6.07) is 8.65. The van der Waals surface area contributed by atoms with Crippen LogP contribution in [0.15, 0.2) is 39.8 Å². The van der Waals surface area contributed by atoms with E-state index in [0.29, 0.717) is 17.3 Å². The molecule has 5 nitrogen and oxygen atoms in total. The first-order valence-electron chi connectivity index (χ1n) is 5.94. The summed E-state index contributed by atoms with van der Waals surface area (Å²) in [4.78, 5) is 0. The second-order valence-electron chi connectivity index (χ2n) is 4.25. The van der Waals surface area contributed by atoms with E-state index in [-0.39, 0.29) is 5.09 Å². The Bertz CT molecular complexity index is 710. The predicted molar refractivity (Wildman–Crippen MR) is 78.5 cm³/mol. The maximum Gasteiger partial charge on any atom is 0.273 e. The van der Waals surface area contributed by atoms with Crippen LogP contribution in [0.25, 0.3) is 0 Å². The summed E-state index contributed by atoms with van der Waals surface area (Å²) in [6.45, 7) is 2.30. The number of benzene rings is 1. The SMILES string of the molecule is CNS(=O)(=O)c1ccc(CNc2ccc(C)c(Cl)c2)o1. The van der Waals surface area contributed by atoms with E-state index >= 15 is 0 Å². The van der Waals surface area contributed by atoms with Gasteiger partial charge < -0.3 is 9.73 Å². The van der Waals surface area contributed by atoms with Crippen molar-refractivity contribution in [3.63, 3.8) is 0 Å². The number of furan rings is 1. The van der Waals surface area contributed by atoms with Gasteiger partial charge in [-0.3, -0.25) is 0 Å². The first-order chi connectivity index (χ1) is 9.42. The summed E-state index contributed by atoms with van der Waals surface area (Å²) in [6.07, 6.45) is 0. The molecule has 0 bridgehead atoms. The lowest BCUT2D eigenvalue weighted by molar-refractivity contribution is 0.417. The van der Waals surface area contributed by atoms with E-state index in [0.717, 1.165) is 11.3 Å². The van der Waals surface area contributed by atoms with Gasteiger partial charge in [0.1, 0.15) is 5.76 Å². The first kappa shape index (κ1) is 14.9. The number of aryl methyl sites for hydroxylation is 1. The molecule has 0 amide bonds. The molecule has 0 saturated heterocycles. The van der Waals surface area contributed by atoms with Crippen molar-refractivity contribution in [2.75, 3.05) is 12.4 Å². The lowest BCUT2D eigenvalue weighted by Gasteiger charge is -2.06. The van der Waals surface area contributed by atoms with E-state index in [4.69, 9.17) is 16.0 Å². The van der Waals surface area contributed by atoms with E-state index in [2.05, 4.69) is 10.0 Å². The molecule has 0 fully saturated rings. The zero-order valence-electron chi connectivity index (χ0n) is 11.1. The van der Waals surface area contributed by atoms with Crippen LogP contribution in [0.5, 0.6) is 0 Å². The Balaban J connectivity index is 2.06. The number of sulfonamides is 1. The molecule has 2 aromatic rings. The van der Waals surface area contributed by atoms with Crippen molar-refractivity contribution >= 4 is 27.3 Å². The summed E-state index contributed by atoms with van der Waals surface area (Å²) in [5, 5.41) is 3.69. The molecule has 0 saturated carbocycles. The first-order valence-corrected chi connectivity index (χ1v) is 7.81. The summed E-state index contributed by atoms with van der Waals surface area (Å²) < 4.78 is 30.5. The van der Waals surface area contributed by atoms with Crippen LogP contribution < -0.4 is 10.0 Å². The summed E-state index contributed by atoms with van der Waals surface area (Å²) in [5.74, 6) is 0.524. The normalized spacial score (nSPS) is 11.6. The molecule has 1 aromatic carbocycles. The summed E-state index contributed by atoms with van der Waals surface area (Å²) in [7, 11) is -2.20. The van der Waals surface area contributed by atoms with E-state index in [1.54, 1.807) is 6.07 Å². The largest absolute Gasteiger partial charge is 0.446 e. The quantitative estimate of drug-likeness (QED) is 0.890. The number of hydrogen-bond donors (Lipinski definition) is 2. The van der Waals surface area contributed by atoms with Gasteiger partial charge >= 0.3 is 0 Å². The summed E-state index contributed by atoms with van der Waals surface area (Å²) >= 11 is 6.03. The van der Waals surface area contributed by atoms with Crippen LogP contribution in [-0.2, 0) is 16.6 Å². The minimum Gasteiger partial charge on any atom is -0.446 e. The van der Waals surface area contributed by atoms with E-state index in [1.165, 1.54) is 13.1 Å². The van der Waals surface area contributed by atoms with Crippen LogP contribution in [0.4, 0.5) is 5.69 Å². The second-order valence-corrected chi connectivity index (χ2v) is 6.47. The van der Waals surface area contributed by atoms with Gasteiger partial charge in [-0.25, -0.2) is 13.1 Å². The maximum atomic E-state index is 11.5. The Morgan fingerprint density at radius 2 is 2.00 bits per heavy atom. The van der Waals surface area contributed by atoms with Crippen molar-refractivity contribution in [2.24, 2.45) is 0 Å². The molecule has 108 valence electrons. The van der Waals surface area contributed by atoms with Crippen LogP contribution in [0.1, 0.15) is 11.3 Å². The highest BCUT2D eigenvalue weighted by molar-refractivity contribution is 7.89. The fourth-order valence-electron chi connectivity index (χ4n) is 1.59. The van der Waals surface area contributed by atoms with Crippen molar-refractivity contribution in [1.82, 2.24) is 4.72 Å². The number of rotatable bonds is 5. The topological polar surface area (TPSA) is 71.3 Å². The van der Waals surface area contributed by atoms with Crippen LogP contribution in [0.3, 0.4) is 0 Å². The van der Waals surface area contributed by atoms with Gasteiger partial charge in [0.15, 0.2) is 0 Å². The average Bonchev–Trinajstić information content (AvgIpc) is 2.90. The van der Waals surface area contributed by atoms with E-state index in [9.17, 15) is 8.42 Å². The third-order valence-corrected chi connectivity index (χ3v) is 4.50. The number of anilines is 1. The lowest BCUT2D eigenvalue weighted by atomic mass is 10.2. The van der Waals surface area contributed by atoms with Gasteiger partial charge in [0, 0.05) is 10.7 Å². The Labute approximate surface area is 123 Å². The predicted octanol–water partition coefficient (Wildman–Crippen LogP) is 2.76. The average molecular weight is 315 g/mol. The number of hydrogen-bond acceptors (Lipinski definition) is 4. The lowest BCUT2D eigenvalue weighted by Crippen LogP contribution is -2.17. The molecule has 1 heterocycles. The van der Waals surface area contributed by atoms with Crippen LogP contribution in [-0.4, -0.2) is 15.5 Å². The van der Waals surface area contributed by atoms with E-state index < -0.39 is 10.0 Å². The van der Waals surface area contributed by atoms with Gasteiger partial charge in [0.2, 0.25) is 5.09 Å². The van der Waals surface area contributed by atoms with Gasteiger partial charge in [-0.1, -0.05) is 17.7 Å². The molecule has 0 aliphatic rings. The maximum absolute atomic E-state index is 11.5. The standard InChI is InChI=1S/C13H15ClN2O3S/c1-9-3-4-10(7-12(9)14)16-8-11-5-6-13(19-11)20(17,18)15-2/h3-7,15-16H,8H2,1-2H3. The zero-order valence-corrected chi connectivity index (χ0v) is 12.7. The molecular weight excluding hydrogens is 300 g/mol. The van der Waals surface area contributed by atoms with Gasteiger partial charge in [0.25, 0.3) is 10.0 Å². The molecule has 7 heteroatoms. The van der Waals surface area contributed by atoms with Crippen molar-refractivity contribution in [1.29, 1.82) is 0 Å². The van der Waals surface area contributed by atoms with Crippen LogP contribution in [0, 0.1) is 6.92 Å². The molecule has 1 aromatic heterocycles. The van der Waals surface area contributed by atoms with E-state index in [1.807, 2.05) is 25.1 Å². The zero-order chi connectivity index (χ0) is 14.8. The molecular formula is C13H15ClN2O3S. The molecule has 0 radical (unpaired) electrons. The molecule has 2 rings (SSSR count). The fourth-order valence-corrected chi connectivity index (χ4v) is 2.44. The smallest absolute Gasteiger partial charge is 0.273 e. The molecule has 2 N–H and O–H groups in total. The van der Waals surface area contributed by atoms with Crippen molar-refractivity contribution in [3.8, 4) is 0 Å². The van der Waals surface area contributed by atoms with Gasteiger partial charge in [-0.05, 0) is 43.8 Å². The fraction of sp³-hybridized carbons (Fsp3) is 0.231. The van der Waals surface area contributed by atoms with Gasteiger partial charge in [0.05, 0.1) is 6.54 Å². The minimum absolute atomic E-state index is 0.0984. The molecule has 20 heavy (non-hydrogen) atoms. The number of halogens is 1. The third-order valence-electron chi connectivity index (χ3n) is 2.81.